The topological polar surface area (TPSA) is 69.0 Å². The van der Waals surface area contributed by atoms with Crippen molar-refractivity contribution >= 4 is 17.2 Å². The summed E-state index contributed by atoms with van der Waals surface area (Å²) in [4.78, 5) is 21.0. The Morgan fingerprint density at radius 3 is 3.14 bits per heavy atom. The Balaban J connectivity index is 1.62. The third kappa shape index (κ3) is 3.20. The number of nitrogens with one attached hydrogen (secondary N) is 1. The van der Waals surface area contributed by atoms with E-state index in [4.69, 9.17) is 4.74 Å². The van der Waals surface area contributed by atoms with Crippen molar-refractivity contribution < 1.29 is 9.53 Å². The maximum atomic E-state index is 12.2. The Bertz CT molecular complexity index is 652. The molecule has 1 aliphatic heterocycles. The van der Waals surface area contributed by atoms with Gasteiger partial charge in [0.1, 0.15) is 11.9 Å². The number of amides is 1. The van der Waals surface area contributed by atoms with E-state index < -0.39 is 0 Å². The zero-order valence-electron chi connectivity index (χ0n) is 12.8. The molecule has 7 heteroatoms. The van der Waals surface area contributed by atoms with Gasteiger partial charge in [0.15, 0.2) is 0 Å². The Hall–Kier alpha value is -1.73. The molecule has 1 N–H and O–H groups in total. The van der Waals surface area contributed by atoms with Gasteiger partial charge in [-0.1, -0.05) is 6.92 Å². The molecule has 2 aromatic heterocycles. The van der Waals surface area contributed by atoms with Crippen molar-refractivity contribution in [3.8, 4) is 0 Å². The van der Waals surface area contributed by atoms with E-state index in [1.807, 2.05) is 23.2 Å². The summed E-state index contributed by atoms with van der Waals surface area (Å²) in [5.41, 5.74) is 0.840. The second-order valence-electron chi connectivity index (χ2n) is 5.41. The molecule has 2 aromatic rings. The number of hydrogen-bond donors (Lipinski definition) is 1. The molecule has 2 atom stereocenters. The lowest BCUT2D eigenvalue weighted by atomic mass is 10.1. The fourth-order valence-electron chi connectivity index (χ4n) is 2.66. The van der Waals surface area contributed by atoms with Crippen LogP contribution >= 0.6 is 11.3 Å². The lowest BCUT2D eigenvalue weighted by molar-refractivity contribution is -0.121. The minimum absolute atomic E-state index is 0.0114. The van der Waals surface area contributed by atoms with Crippen LogP contribution in [-0.2, 0) is 29.4 Å². The normalized spacial score (nSPS) is 21.2. The third-order valence-corrected chi connectivity index (χ3v) is 4.84. The molecule has 1 saturated heterocycles. The molecule has 3 heterocycles. The molecule has 6 nitrogen and oxygen atoms in total. The Kier molecular flexibility index (Phi) is 4.54. The fraction of sp³-hybridized carbons (Fsp3) is 0.533. The zero-order valence-corrected chi connectivity index (χ0v) is 13.6. The summed E-state index contributed by atoms with van der Waals surface area (Å²) in [6.45, 7) is 2.70. The summed E-state index contributed by atoms with van der Waals surface area (Å²) in [5, 5.41) is 6.09. The molecule has 0 radical (unpaired) electrons. The summed E-state index contributed by atoms with van der Waals surface area (Å²) < 4.78 is 7.69. The highest BCUT2D eigenvalue weighted by Crippen LogP contribution is 2.27. The van der Waals surface area contributed by atoms with Gasteiger partial charge in [-0.2, -0.15) is 0 Å². The Morgan fingerprint density at radius 1 is 1.59 bits per heavy atom. The lowest BCUT2D eigenvalue weighted by Gasteiger charge is -2.19. The standard InChI is InChI=1S/C15H20N4O2S/c1-3-13-17-10(9-22-13)8-12(20)18-11-4-7-21-14(11)15-16-5-6-19(15)2/h5-6,9,11,14H,3-4,7-8H2,1-2H3,(H,18,20)/t11-,14-/m0/s1. The zero-order chi connectivity index (χ0) is 15.5. The van der Waals surface area contributed by atoms with Crippen LogP contribution in [0.15, 0.2) is 17.8 Å². The summed E-state index contributed by atoms with van der Waals surface area (Å²) >= 11 is 1.61. The predicted molar refractivity (Wildman–Crippen MR) is 83.6 cm³/mol. The number of aromatic nitrogens is 3. The van der Waals surface area contributed by atoms with E-state index in [-0.39, 0.29) is 18.1 Å². The SMILES string of the molecule is CCc1nc(CC(=O)N[C@H]2CCO[C@@H]2c2nccn2C)cs1. The molecule has 0 aliphatic carbocycles. The molecule has 1 amide bonds. The van der Waals surface area contributed by atoms with Crippen LogP contribution in [0.4, 0.5) is 0 Å². The van der Waals surface area contributed by atoms with E-state index in [0.717, 1.165) is 29.4 Å². The molecule has 118 valence electrons. The molecule has 1 fully saturated rings. The van der Waals surface area contributed by atoms with Crippen molar-refractivity contribution in [2.45, 2.75) is 38.3 Å². The van der Waals surface area contributed by atoms with Crippen LogP contribution in [-0.4, -0.2) is 33.1 Å². The molecule has 0 bridgehead atoms. The molecule has 0 unspecified atom stereocenters. The van der Waals surface area contributed by atoms with Crippen molar-refractivity contribution in [1.82, 2.24) is 19.9 Å². The maximum Gasteiger partial charge on any atom is 0.226 e. The van der Waals surface area contributed by atoms with E-state index in [2.05, 4.69) is 22.2 Å². The van der Waals surface area contributed by atoms with Gasteiger partial charge in [-0.25, -0.2) is 9.97 Å². The number of aryl methyl sites for hydroxylation is 2. The summed E-state index contributed by atoms with van der Waals surface area (Å²) in [6.07, 6.45) is 5.49. The lowest BCUT2D eigenvalue weighted by Crippen LogP contribution is -2.38. The van der Waals surface area contributed by atoms with Gasteiger partial charge >= 0.3 is 0 Å². The van der Waals surface area contributed by atoms with Gasteiger partial charge in [0.25, 0.3) is 0 Å². The molecule has 0 saturated carbocycles. The first kappa shape index (κ1) is 15.2. The minimum atomic E-state index is -0.175. The Morgan fingerprint density at radius 2 is 2.45 bits per heavy atom. The number of nitrogens with zero attached hydrogens (tertiary/aromatic N) is 3. The Labute approximate surface area is 133 Å². The molecular formula is C15H20N4O2S. The molecule has 3 rings (SSSR count). The number of carbonyl (C=O) groups excluding carboxylic acids is 1. The number of carbonyl (C=O) groups is 1. The average Bonchev–Trinajstić information content (AvgIpc) is 3.20. The first-order valence-corrected chi connectivity index (χ1v) is 8.36. The summed E-state index contributed by atoms with van der Waals surface area (Å²) in [6, 6.07) is -0.0297. The molecular weight excluding hydrogens is 300 g/mol. The van der Waals surface area contributed by atoms with Gasteiger partial charge in [0, 0.05) is 31.4 Å². The first-order valence-electron chi connectivity index (χ1n) is 7.49. The smallest absolute Gasteiger partial charge is 0.226 e. The monoisotopic (exact) mass is 320 g/mol. The maximum absolute atomic E-state index is 12.2. The molecule has 0 aromatic carbocycles. The minimum Gasteiger partial charge on any atom is -0.368 e. The van der Waals surface area contributed by atoms with Crippen LogP contribution in [0.2, 0.25) is 0 Å². The van der Waals surface area contributed by atoms with Crippen molar-refractivity contribution in [1.29, 1.82) is 0 Å². The number of ether oxygens (including phenoxy) is 1. The van der Waals surface area contributed by atoms with Gasteiger partial charge in [-0.3, -0.25) is 4.79 Å². The van der Waals surface area contributed by atoms with E-state index in [1.165, 1.54) is 0 Å². The number of thiazole rings is 1. The molecule has 22 heavy (non-hydrogen) atoms. The van der Waals surface area contributed by atoms with Gasteiger partial charge in [0.05, 0.1) is 23.2 Å². The molecule has 0 spiro atoms. The van der Waals surface area contributed by atoms with Crippen LogP contribution in [0.3, 0.4) is 0 Å². The van der Waals surface area contributed by atoms with Crippen LogP contribution in [0.1, 0.15) is 36.0 Å². The van der Waals surface area contributed by atoms with E-state index in [1.54, 1.807) is 17.5 Å². The van der Waals surface area contributed by atoms with Gasteiger partial charge in [-0.05, 0) is 12.8 Å². The molecule has 1 aliphatic rings. The summed E-state index contributed by atoms with van der Waals surface area (Å²) in [7, 11) is 1.93. The highest BCUT2D eigenvalue weighted by atomic mass is 32.1. The fourth-order valence-corrected chi connectivity index (χ4v) is 3.40. The van der Waals surface area contributed by atoms with Crippen LogP contribution < -0.4 is 5.32 Å². The van der Waals surface area contributed by atoms with Crippen molar-refractivity contribution in [3.63, 3.8) is 0 Å². The highest BCUT2D eigenvalue weighted by molar-refractivity contribution is 7.09. The van der Waals surface area contributed by atoms with Gasteiger partial charge in [-0.15, -0.1) is 11.3 Å². The van der Waals surface area contributed by atoms with Gasteiger partial charge in [0.2, 0.25) is 5.91 Å². The average molecular weight is 320 g/mol. The van der Waals surface area contributed by atoms with Crippen LogP contribution in [0.25, 0.3) is 0 Å². The van der Waals surface area contributed by atoms with E-state index in [0.29, 0.717) is 13.0 Å². The number of imidazole rings is 1. The first-order chi connectivity index (χ1) is 10.7. The van der Waals surface area contributed by atoms with Gasteiger partial charge < -0.3 is 14.6 Å². The van der Waals surface area contributed by atoms with Crippen LogP contribution in [0.5, 0.6) is 0 Å². The van der Waals surface area contributed by atoms with Crippen molar-refractivity contribution in [2.24, 2.45) is 7.05 Å². The quantitative estimate of drug-likeness (QED) is 0.909. The second-order valence-corrected chi connectivity index (χ2v) is 6.36. The largest absolute Gasteiger partial charge is 0.368 e. The second kappa shape index (κ2) is 6.58. The van der Waals surface area contributed by atoms with Crippen LogP contribution in [0, 0.1) is 0 Å². The predicted octanol–water partition coefficient (Wildman–Crippen LogP) is 1.63. The van der Waals surface area contributed by atoms with E-state index >= 15 is 0 Å². The third-order valence-electron chi connectivity index (χ3n) is 3.79. The number of rotatable bonds is 5. The van der Waals surface area contributed by atoms with E-state index in [9.17, 15) is 4.79 Å². The van der Waals surface area contributed by atoms with Crippen molar-refractivity contribution in [3.05, 3.63) is 34.3 Å². The highest BCUT2D eigenvalue weighted by Gasteiger charge is 2.33. The summed E-state index contributed by atoms with van der Waals surface area (Å²) in [5.74, 6) is 0.840. The number of hydrogen-bond acceptors (Lipinski definition) is 5. The van der Waals surface area contributed by atoms with Crippen molar-refractivity contribution in [2.75, 3.05) is 6.61 Å².